The summed E-state index contributed by atoms with van der Waals surface area (Å²) in [6.45, 7) is 3.51. The van der Waals surface area contributed by atoms with Crippen LogP contribution in [0.1, 0.15) is 26.2 Å². The van der Waals surface area contributed by atoms with Gasteiger partial charge in [-0.1, -0.05) is 6.07 Å². The molecule has 1 aliphatic heterocycles. The van der Waals surface area contributed by atoms with E-state index in [9.17, 15) is 4.79 Å². The molecule has 3 heterocycles. The summed E-state index contributed by atoms with van der Waals surface area (Å²) in [6.07, 6.45) is 8.19. The summed E-state index contributed by atoms with van der Waals surface area (Å²) in [5, 5.41) is 0. The summed E-state index contributed by atoms with van der Waals surface area (Å²) >= 11 is 0. The van der Waals surface area contributed by atoms with Crippen molar-refractivity contribution < 1.29 is 4.79 Å². The minimum absolute atomic E-state index is 0.286. The van der Waals surface area contributed by atoms with E-state index in [0.29, 0.717) is 12.3 Å². The topological polar surface area (TPSA) is 59.0 Å². The summed E-state index contributed by atoms with van der Waals surface area (Å²) in [7, 11) is 0. The molecule has 0 unspecified atom stereocenters. The number of aromatic nitrogens is 3. The summed E-state index contributed by atoms with van der Waals surface area (Å²) in [6, 6.07) is 5.80. The number of pyridine rings is 1. The fourth-order valence-corrected chi connectivity index (χ4v) is 2.89. The Balaban J connectivity index is 1.63. The molecule has 1 aliphatic rings. The van der Waals surface area contributed by atoms with Crippen molar-refractivity contribution in [3.63, 3.8) is 0 Å². The average molecular weight is 296 g/mol. The third-order valence-electron chi connectivity index (χ3n) is 4.07. The highest BCUT2D eigenvalue weighted by Gasteiger charge is 2.21. The quantitative estimate of drug-likeness (QED) is 0.868. The number of hydrogen-bond donors (Lipinski definition) is 0. The Hall–Kier alpha value is -2.30. The molecule has 3 rings (SSSR count). The first-order chi connectivity index (χ1) is 10.7. The number of carbonyl (C=O) groups excluding carboxylic acids is 1. The second kappa shape index (κ2) is 6.64. The minimum Gasteiger partial charge on any atom is -0.341 e. The van der Waals surface area contributed by atoms with E-state index in [0.717, 1.165) is 43.1 Å². The van der Waals surface area contributed by atoms with Crippen LogP contribution in [0.25, 0.3) is 11.3 Å². The molecule has 0 aromatic carbocycles. The number of Topliss-reactive ketones (excluding diaryl/α,β-unsaturated/α-hetero) is 1. The molecule has 0 spiro atoms. The van der Waals surface area contributed by atoms with Crippen LogP contribution in [0.5, 0.6) is 0 Å². The highest BCUT2D eigenvalue weighted by atomic mass is 16.1. The fourth-order valence-electron chi connectivity index (χ4n) is 2.89. The molecule has 1 fully saturated rings. The zero-order chi connectivity index (χ0) is 15.4. The van der Waals surface area contributed by atoms with Gasteiger partial charge in [0, 0.05) is 43.7 Å². The van der Waals surface area contributed by atoms with Crippen molar-refractivity contribution in [1.82, 2.24) is 15.0 Å². The van der Waals surface area contributed by atoms with Gasteiger partial charge >= 0.3 is 0 Å². The van der Waals surface area contributed by atoms with Crippen LogP contribution in [-0.2, 0) is 4.79 Å². The van der Waals surface area contributed by atoms with Gasteiger partial charge in [0.05, 0.1) is 5.69 Å². The molecule has 114 valence electrons. The summed E-state index contributed by atoms with van der Waals surface area (Å²) in [4.78, 5) is 26.6. The normalized spacial score (nSPS) is 15.8. The predicted molar refractivity (Wildman–Crippen MR) is 85.5 cm³/mol. The van der Waals surface area contributed by atoms with Crippen molar-refractivity contribution >= 4 is 11.7 Å². The Morgan fingerprint density at radius 1 is 1.18 bits per heavy atom. The van der Waals surface area contributed by atoms with Crippen LogP contribution in [0.4, 0.5) is 5.95 Å². The monoisotopic (exact) mass is 296 g/mol. The number of piperidine rings is 1. The van der Waals surface area contributed by atoms with Gasteiger partial charge in [0.1, 0.15) is 5.78 Å². The SMILES string of the molecule is CC(=O)CC1CCN(c2ncc(-c3ccccn3)cn2)CC1. The third kappa shape index (κ3) is 3.47. The van der Waals surface area contributed by atoms with Crippen LogP contribution < -0.4 is 4.90 Å². The van der Waals surface area contributed by atoms with E-state index in [-0.39, 0.29) is 5.78 Å². The van der Waals surface area contributed by atoms with Crippen molar-refractivity contribution in [2.24, 2.45) is 5.92 Å². The molecule has 0 N–H and O–H groups in total. The van der Waals surface area contributed by atoms with Crippen LogP contribution in [-0.4, -0.2) is 33.8 Å². The lowest BCUT2D eigenvalue weighted by atomic mass is 9.92. The van der Waals surface area contributed by atoms with E-state index in [4.69, 9.17) is 0 Å². The zero-order valence-electron chi connectivity index (χ0n) is 12.8. The molecule has 5 heteroatoms. The van der Waals surface area contributed by atoms with E-state index < -0.39 is 0 Å². The largest absolute Gasteiger partial charge is 0.341 e. The van der Waals surface area contributed by atoms with Gasteiger partial charge in [0.25, 0.3) is 0 Å². The number of ketones is 1. The van der Waals surface area contributed by atoms with Gasteiger partial charge in [0.15, 0.2) is 0 Å². The maximum atomic E-state index is 11.2. The van der Waals surface area contributed by atoms with Gasteiger partial charge in [-0.15, -0.1) is 0 Å². The second-order valence-corrected chi connectivity index (χ2v) is 5.82. The van der Waals surface area contributed by atoms with E-state index in [1.54, 1.807) is 13.1 Å². The summed E-state index contributed by atoms with van der Waals surface area (Å²) < 4.78 is 0. The molecular formula is C17H20N4O. The Morgan fingerprint density at radius 3 is 2.50 bits per heavy atom. The third-order valence-corrected chi connectivity index (χ3v) is 4.07. The Morgan fingerprint density at radius 2 is 1.91 bits per heavy atom. The van der Waals surface area contributed by atoms with Crippen molar-refractivity contribution in [1.29, 1.82) is 0 Å². The number of rotatable bonds is 4. The number of hydrogen-bond acceptors (Lipinski definition) is 5. The van der Waals surface area contributed by atoms with Crippen molar-refractivity contribution in [3.8, 4) is 11.3 Å². The molecular weight excluding hydrogens is 276 g/mol. The molecule has 0 bridgehead atoms. The zero-order valence-corrected chi connectivity index (χ0v) is 12.8. The van der Waals surface area contributed by atoms with Crippen LogP contribution in [0.3, 0.4) is 0 Å². The van der Waals surface area contributed by atoms with Crippen molar-refractivity contribution in [3.05, 3.63) is 36.8 Å². The maximum Gasteiger partial charge on any atom is 0.225 e. The van der Waals surface area contributed by atoms with Gasteiger partial charge in [-0.2, -0.15) is 0 Å². The lowest BCUT2D eigenvalue weighted by molar-refractivity contribution is -0.118. The van der Waals surface area contributed by atoms with Crippen molar-refractivity contribution in [2.45, 2.75) is 26.2 Å². The Bertz CT molecular complexity index is 619. The molecule has 1 saturated heterocycles. The van der Waals surface area contributed by atoms with Crippen LogP contribution in [0.15, 0.2) is 36.8 Å². The maximum absolute atomic E-state index is 11.2. The molecule has 5 nitrogen and oxygen atoms in total. The fraction of sp³-hybridized carbons (Fsp3) is 0.412. The molecule has 0 amide bonds. The van der Waals surface area contributed by atoms with Crippen LogP contribution >= 0.6 is 0 Å². The van der Waals surface area contributed by atoms with Gasteiger partial charge in [0.2, 0.25) is 5.95 Å². The molecule has 0 saturated carbocycles. The molecule has 2 aromatic rings. The Labute approximate surface area is 130 Å². The predicted octanol–water partition coefficient (Wildman–Crippen LogP) is 2.73. The van der Waals surface area contributed by atoms with E-state index >= 15 is 0 Å². The lowest BCUT2D eigenvalue weighted by Crippen LogP contribution is -2.35. The average Bonchev–Trinajstić information content (AvgIpc) is 2.56. The van der Waals surface area contributed by atoms with Gasteiger partial charge in [-0.05, 0) is 37.8 Å². The molecule has 0 radical (unpaired) electrons. The van der Waals surface area contributed by atoms with Gasteiger partial charge < -0.3 is 9.69 Å². The molecule has 0 atom stereocenters. The standard InChI is InChI=1S/C17H20N4O/c1-13(22)10-14-5-8-21(9-6-14)17-19-11-15(12-20-17)16-4-2-3-7-18-16/h2-4,7,11-12,14H,5-6,8-10H2,1H3. The number of nitrogens with zero attached hydrogens (tertiary/aromatic N) is 4. The highest BCUT2D eigenvalue weighted by molar-refractivity contribution is 5.75. The summed E-state index contributed by atoms with van der Waals surface area (Å²) in [5.41, 5.74) is 1.81. The second-order valence-electron chi connectivity index (χ2n) is 5.82. The van der Waals surface area contributed by atoms with E-state index in [2.05, 4.69) is 19.9 Å². The minimum atomic E-state index is 0.286. The first-order valence-electron chi connectivity index (χ1n) is 7.70. The first-order valence-corrected chi connectivity index (χ1v) is 7.70. The molecule has 2 aromatic heterocycles. The highest BCUT2D eigenvalue weighted by Crippen LogP contribution is 2.24. The smallest absolute Gasteiger partial charge is 0.225 e. The van der Waals surface area contributed by atoms with Crippen LogP contribution in [0.2, 0.25) is 0 Å². The summed E-state index contributed by atoms with van der Waals surface area (Å²) in [5.74, 6) is 1.57. The van der Waals surface area contributed by atoms with Gasteiger partial charge in [-0.25, -0.2) is 9.97 Å². The first kappa shape index (κ1) is 14.6. The Kier molecular flexibility index (Phi) is 4.42. The van der Waals surface area contributed by atoms with E-state index in [1.165, 1.54) is 0 Å². The number of anilines is 1. The lowest BCUT2D eigenvalue weighted by Gasteiger charge is -2.31. The van der Waals surface area contributed by atoms with Crippen molar-refractivity contribution in [2.75, 3.05) is 18.0 Å². The molecule has 22 heavy (non-hydrogen) atoms. The number of carbonyl (C=O) groups is 1. The van der Waals surface area contributed by atoms with Gasteiger partial charge in [-0.3, -0.25) is 4.98 Å². The van der Waals surface area contributed by atoms with Crippen LogP contribution in [0, 0.1) is 5.92 Å². The van der Waals surface area contributed by atoms with E-state index in [1.807, 2.05) is 30.6 Å². The molecule has 0 aliphatic carbocycles.